The van der Waals surface area contributed by atoms with Crippen LogP contribution in [0.2, 0.25) is 5.22 Å². The molecule has 3 nitrogen and oxygen atoms in total. The van der Waals surface area contributed by atoms with Crippen molar-refractivity contribution in [3.05, 3.63) is 23.1 Å². The molecule has 1 aromatic heterocycles. The standard InChI is InChI=1S/C6H5ClN2O/c7-6-1-4(3-10-6)5(9)2-8/h1,3,5H,9H2. The summed E-state index contributed by atoms with van der Waals surface area (Å²) in [7, 11) is 0. The Bertz CT molecular complexity index is 263. The zero-order valence-corrected chi connectivity index (χ0v) is 5.80. The fourth-order valence-electron chi connectivity index (χ4n) is 0.561. The molecule has 1 unspecified atom stereocenters. The minimum atomic E-state index is -0.642. The Hall–Kier alpha value is -0.980. The van der Waals surface area contributed by atoms with Crippen LogP contribution < -0.4 is 5.73 Å². The largest absolute Gasteiger partial charge is 0.453 e. The molecule has 0 aliphatic rings. The summed E-state index contributed by atoms with van der Waals surface area (Å²) in [5.74, 6) is 0. The molecule has 0 spiro atoms. The average Bonchev–Trinajstić information content (AvgIpc) is 2.34. The summed E-state index contributed by atoms with van der Waals surface area (Å²) in [6.07, 6.45) is 1.37. The van der Waals surface area contributed by atoms with Gasteiger partial charge < -0.3 is 10.2 Å². The minimum Gasteiger partial charge on any atom is -0.453 e. The molecule has 0 aliphatic carbocycles. The topological polar surface area (TPSA) is 63.0 Å². The number of hydrogen-bond acceptors (Lipinski definition) is 3. The van der Waals surface area contributed by atoms with Crippen LogP contribution in [0, 0.1) is 11.3 Å². The van der Waals surface area contributed by atoms with E-state index >= 15 is 0 Å². The van der Waals surface area contributed by atoms with E-state index in [0.29, 0.717) is 5.56 Å². The molecule has 0 bridgehead atoms. The van der Waals surface area contributed by atoms with E-state index in [1.165, 1.54) is 12.3 Å². The Kier molecular flexibility index (Phi) is 1.95. The smallest absolute Gasteiger partial charge is 0.193 e. The minimum absolute atomic E-state index is 0.251. The van der Waals surface area contributed by atoms with Crippen molar-refractivity contribution in [3.63, 3.8) is 0 Å². The Morgan fingerprint density at radius 2 is 2.50 bits per heavy atom. The highest BCUT2D eigenvalue weighted by Gasteiger charge is 2.06. The number of furan rings is 1. The molecule has 0 amide bonds. The number of rotatable bonds is 1. The average molecular weight is 157 g/mol. The van der Waals surface area contributed by atoms with E-state index < -0.39 is 6.04 Å². The van der Waals surface area contributed by atoms with Gasteiger partial charge in [-0.3, -0.25) is 0 Å². The van der Waals surface area contributed by atoms with E-state index in [9.17, 15) is 0 Å². The fraction of sp³-hybridized carbons (Fsp3) is 0.167. The van der Waals surface area contributed by atoms with Crippen LogP contribution in [0.3, 0.4) is 0 Å². The van der Waals surface area contributed by atoms with Crippen LogP contribution in [0.15, 0.2) is 16.7 Å². The molecule has 4 heteroatoms. The van der Waals surface area contributed by atoms with Crippen LogP contribution in [0.5, 0.6) is 0 Å². The maximum atomic E-state index is 8.34. The third kappa shape index (κ3) is 1.29. The van der Waals surface area contributed by atoms with Crippen LogP contribution >= 0.6 is 11.6 Å². The fourth-order valence-corrected chi connectivity index (χ4v) is 0.732. The Morgan fingerprint density at radius 1 is 1.80 bits per heavy atom. The predicted molar refractivity (Wildman–Crippen MR) is 36.3 cm³/mol. The second-order valence-electron chi connectivity index (χ2n) is 1.79. The van der Waals surface area contributed by atoms with Crippen LogP contribution in [-0.2, 0) is 0 Å². The van der Waals surface area contributed by atoms with Crippen molar-refractivity contribution in [2.45, 2.75) is 6.04 Å². The van der Waals surface area contributed by atoms with Crippen molar-refractivity contribution in [2.75, 3.05) is 0 Å². The Labute approximate surface area is 63.0 Å². The van der Waals surface area contributed by atoms with Crippen LogP contribution in [0.1, 0.15) is 11.6 Å². The van der Waals surface area contributed by atoms with Crippen molar-refractivity contribution >= 4 is 11.6 Å². The lowest BCUT2D eigenvalue weighted by Crippen LogP contribution is -2.05. The molecule has 52 valence electrons. The predicted octanol–water partition coefficient (Wildman–Crippen LogP) is 1.46. The van der Waals surface area contributed by atoms with Crippen molar-refractivity contribution in [2.24, 2.45) is 5.73 Å². The summed E-state index contributed by atoms with van der Waals surface area (Å²) >= 11 is 5.43. The van der Waals surface area contributed by atoms with Crippen LogP contribution in [0.4, 0.5) is 0 Å². The molecule has 0 saturated heterocycles. The molecule has 10 heavy (non-hydrogen) atoms. The van der Waals surface area contributed by atoms with E-state index in [4.69, 9.17) is 27.0 Å². The van der Waals surface area contributed by atoms with Crippen molar-refractivity contribution in [1.82, 2.24) is 0 Å². The van der Waals surface area contributed by atoms with E-state index in [2.05, 4.69) is 0 Å². The van der Waals surface area contributed by atoms with Gasteiger partial charge in [0.25, 0.3) is 0 Å². The monoisotopic (exact) mass is 156 g/mol. The Morgan fingerprint density at radius 3 is 2.90 bits per heavy atom. The second kappa shape index (κ2) is 2.74. The first-order valence-corrected chi connectivity index (χ1v) is 3.01. The third-order valence-corrected chi connectivity index (χ3v) is 1.28. The zero-order valence-electron chi connectivity index (χ0n) is 5.04. The summed E-state index contributed by atoms with van der Waals surface area (Å²) in [6.45, 7) is 0. The lowest BCUT2D eigenvalue weighted by Gasteiger charge is -1.92. The molecular formula is C6H5ClN2O. The van der Waals surface area contributed by atoms with E-state index in [-0.39, 0.29) is 5.22 Å². The van der Waals surface area contributed by atoms with Crippen molar-refractivity contribution in [1.29, 1.82) is 5.26 Å². The quantitative estimate of drug-likeness (QED) is 0.670. The lowest BCUT2D eigenvalue weighted by molar-refractivity contribution is 0.564. The Balaban J connectivity index is 2.87. The number of nitrogens with zero attached hydrogens (tertiary/aromatic N) is 1. The van der Waals surface area contributed by atoms with Crippen LogP contribution in [0.25, 0.3) is 0 Å². The highest BCUT2D eigenvalue weighted by atomic mass is 35.5. The van der Waals surface area contributed by atoms with Gasteiger partial charge in [-0.2, -0.15) is 5.26 Å². The van der Waals surface area contributed by atoms with Gasteiger partial charge in [0.05, 0.1) is 12.3 Å². The van der Waals surface area contributed by atoms with Crippen molar-refractivity contribution < 1.29 is 4.42 Å². The van der Waals surface area contributed by atoms with Crippen molar-refractivity contribution in [3.8, 4) is 6.07 Å². The molecule has 1 atom stereocenters. The SMILES string of the molecule is N#CC(N)c1coc(Cl)c1. The molecule has 1 heterocycles. The van der Waals surface area contributed by atoms with Gasteiger partial charge in [-0.05, 0) is 11.6 Å². The third-order valence-electron chi connectivity index (χ3n) is 1.09. The molecule has 0 radical (unpaired) electrons. The van der Waals surface area contributed by atoms with Gasteiger partial charge in [0.2, 0.25) is 0 Å². The molecule has 2 N–H and O–H groups in total. The van der Waals surface area contributed by atoms with Crippen LogP contribution in [-0.4, -0.2) is 0 Å². The lowest BCUT2D eigenvalue weighted by atomic mass is 10.2. The molecular weight excluding hydrogens is 152 g/mol. The molecule has 1 aromatic rings. The molecule has 0 aromatic carbocycles. The first-order chi connectivity index (χ1) is 4.74. The number of nitrogens with two attached hydrogens (primary N) is 1. The maximum absolute atomic E-state index is 8.34. The summed E-state index contributed by atoms with van der Waals surface area (Å²) < 4.78 is 4.72. The highest BCUT2D eigenvalue weighted by Crippen LogP contribution is 2.17. The number of nitriles is 1. The summed E-state index contributed by atoms with van der Waals surface area (Å²) in [4.78, 5) is 0. The summed E-state index contributed by atoms with van der Waals surface area (Å²) in [5, 5.41) is 8.59. The molecule has 0 fully saturated rings. The van der Waals surface area contributed by atoms with E-state index in [1.54, 1.807) is 0 Å². The molecule has 0 aliphatic heterocycles. The summed E-state index contributed by atoms with van der Waals surface area (Å²) in [6, 6.07) is 2.73. The second-order valence-corrected chi connectivity index (χ2v) is 2.16. The van der Waals surface area contributed by atoms with E-state index in [1.807, 2.05) is 6.07 Å². The molecule has 1 rings (SSSR count). The van der Waals surface area contributed by atoms with Gasteiger partial charge in [-0.25, -0.2) is 0 Å². The van der Waals surface area contributed by atoms with Gasteiger partial charge in [0.15, 0.2) is 5.22 Å². The highest BCUT2D eigenvalue weighted by molar-refractivity contribution is 6.28. The van der Waals surface area contributed by atoms with E-state index in [0.717, 1.165) is 0 Å². The van der Waals surface area contributed by atoms with Gasteiger partial charge in [0.1, 0.15) is 6.04 Å². The van der Waals surface area contributed by atoms with Gasteiger partial charge in [0, 0.05) is 11.6 Å². The normalized spacial score (nSPS) is 12.5. The zero-order chi connectivity index (χ0) is 7.56. The first-order valence-electron chi connectivity index (χ1n) is 2.63. The molecule has 0 saturated carbocycles. The summed E-state index contributed by atoms with van der Waals surface area (Å²) in [5.41, 5.74) is 5.93. The number of hydrogen-bond donors (Lipinski definition) is 1. The van der Waals surface area contributed by atoms with Gasteiger partial charge in [-0.15, -0.1) is 0 Å². The number of halogens is 1. The first kappa shape index (κ1) is 7.13. The van der Waals surface area contributed by atoms with Gasteiger partial charge >= 0.3 is 0 Å². The maximum Gasteiger partial charge on any atom is 0.193 e. The van der Waals surface area contributed by atoms with Gasteiger partial charge in [-0.1, -0.05) is 0 Å².